The van der Waals surface area contributed by atoms with Crippen molar-refractivity contribution in [2.75, 3.05) is 15.9 Å². The Kier molecular flexibility index (Phi) is 5.33. The topological polar surface area (TPSA) is 101 Å². The predicted octanol–water partition coefficient (Wildman–Crippen LogP) is 3.32. The molecule has 1 aromatic heterocycles. The molecule has 1 aliphatic heterocycles. The molecule has 1 unspecified atom stereocenters. The van der Waals surface area contributed by atoms with E-state index in [2.05, 4.69) is 4.72 Å². The molecule has 0 fully saturated rings. The van der Waals surface area contributed by atoms with Crippen LogP contribution in [0.1, 0.15) is 11.7 Å². The van der Waals surface area contributed by atoms with Gasteiger partial charge in [0.2, 0.25) is 15.6 Å². The maximum Gasteiger partial charge on any atom is 0.229 e. The number of hydrogen-bond acceptors (Lipinski definition) is 6. The lowest BCUT2D eigenvalue weighted by atomic mass is 10.0. The molecule has 4 aromatic rings. The van der Waals surface area contributed by atoms with E-state index in [-0.39, 0.29) is 5.82 Å². The van der Waals surface area contributed by atoms with Gasteiger partial charge in [0.25, 0.3) is 0 Å². The van der Waals surface area contributed by atoms with Gasteiger partial charge in [-0.2, -0.15) is 0 Å². The fourth-order valence-corrected chi connectivity index (χ4v) is 4.54. The fraction of sp³-hybridized carbons (Fsp3) is 0.0800. The Morgan fingerprint density at radius 2 is 1.76 bits per heavy atom. The molecule has 2 heterocycles. The lowest BCUT2D eigenvalue weighted by Crippen LogP contribution is -2.43. The summed E-state index contributed by atoms with van der Waals surface area (Å²) in [4.78, 5) is 6.60. The molecule has 34 heavy (non-hydrogen) atoms. The second kappa shape index (κ2) is 8.35. The van der Waals surface area contributed by atoms with E-state index in [0.29, 0.717) is 27.8 Å². The molecule has 0 amide bonds. The Morgan fingerprint density at radius 3 is 2.50 bits per heavy atom. The summed E-state index contributed by atoms with van der Waals surface area (Å²) in [6.07, 6.45) is 2.02. The fourth-order valence-electron chi connectivity index (χ4n) is 3.99. The van der Waals surface area contributed by atoms with Crippen LogP contribution in [0, 0.1) is 5.82 Å². The summed E-state index contributed by atoms with van der Waals surface area (Å²) in [5.74, 6) is 0.146. The molecule has 3 aromatic carbocycles. The van der Waals surface area contributed by atoms with Crippen LogP contribution in [-0.4, -0.2) is 14.7 Å². The average Bonchev–Trinajstić information content (AvgIpc) is 3.27. The molecular weight excluding hydrogens is 455 g/mol. The molecule has 1 aliphatic rings. The van der Waals surface area contributed by atoms with Crippen molar-refractivity contribution in [2.45, 2.75) is 6.17 Å². The SMILES string of the molecule is CS(=O)(=O)Nc1cccc(C2N=c3occc3=C(N)N2c2ccc(-c3cccc(F)c3)cc2)c1. The van der Waals surface area contributed by atoms with Crippen molar-refractivity contribution in [3.8, 4) is 11.1 Å². The monoisotopic (exact) mass is 476 g/mol. The minimum Gasteiger partial charge on any atom is -0.446 e. The molecule has 0 saturated heterocycles. The highest BCUT2D eigenvalue weighted by molar-refractivity contribution is 7.92. The van der Waals surface area contributed by atoms with Crippen LogP contribution in [0.15, 0.2) is 94.5 Å². The summed E-state index contributed by atoms with van der Waals surface area (Å²) >= 11 is 0. The van der Waals surface area contributed by atoms with Crippen LogP contribution >= 0.6 is 0 Å². The van der Waals surface area contributed by atoms with Crippen molar-refractivity contribution in [3.05, 3.63) is 107 Å². The van der Waals surface area contributed by atoms with Crippen LogP contribution in [0.25, 0.3) is 16.9 Å². The number of nitrogens with two attached hydrogens (primary N) is 1. The molecule has 0 aliphatic carbocycles. The van der Waals surface area contributed by atoms with Gasteiger partial charge in [0.15, 0.2) is 6.17 Å². The highest BCUT2D eigenvalue weighted by atomic mass is 32.2. The van der Waals surface area contributed by atoms with E-state index in [0.717, 1.165) is 23.1 Å². The number of furan rings is 1. The van der Waals surface area contributed by atoms with E-state index in [1.165, 1.54) is 18.4 Å². The zero-order valence-electron chi connectivity index (χ0n) is 18.1. The molecule has 7 nitrogen and oxygen atoms in total. The van der Waals surface area contributed by atoms with Crippen LogP contribution in [0.3, 0.4) is 0 Å². The number of nitrogens with one attached hydrogen (secondary N) is 1. The molecule has 172 valence electrons. The van der Waals surface area contributed by atoms with Gasteiger partial charge in [-0.3, -0.25) is 4.72 Å². The first-order valence-corrected chi connectivity index (χ1v) is 12.3. The Labute approximate surface area is 195 Å². The van der Waals surface area contributed by atoms with Crippen molar-refractivity contribution in [3.63, 3.8) is 0 Å². The first kappa shape index (κ1) is 21.7. The normalized spacial score (nSPS) is 15.5. The summed E-state index contributed by atoms with van der Waals surface area (Å²) in [6.45, 7) is 0. The molecule has 0 saturated carbocycles. The van der Waals surface area contributed by atoms with E-state index in [1.54, 1.807) is 30.3 Å². The molecule has 0 spiro atoms. The van der Waals surface area contributed by atoms with Gasteiger partial charge in [0.05, 0.1) is 17.7 Å². The molecule has 0 radical (unpaired) electrons. The van der Waals surface area contributed by atoms with Gasteiger partial charge in [0.1, 0.15) is 11.6 Å². The third-order valence-electron chi connectivity index (χ3n) is 5.46. The Bertz CT molecular complexity index is 1600. The van der Waals surface area contributed by atoms with Crippen molar-refractivity contribution >= 4 is 27.2 Å². The van der Waals surface area contributed by atoms with Gasteiger partial charge in [-0.1, -0.05) is 36.4 Å². The van der Waals surface area contributed by atoms with Crippen LogP contribution < -0.4 is 26.1 Å². The Morgan fingerprint density at radius 1 is 1.00 bits per heavy atom. The van der Waals surface area contributed by atoms with Gasteiger partial charge in [-0.25, -0.2) is 17.8 Å². The second-order valence-corrected chi connectivity index (χ2v) is 9.70. The number of halogens is 1. The van der Waals surface area contributed by atoms with E-state index >= 15 is 0 Å². The summed E-state index contributed by atoms with van der Waals surface area (Å²) < 4.78 is 45.1. The number of rotatable bonds is 5. The quantitative estimate of drug-likeness (QED) is 0.460. The number of benzene rings is 3. The molecule has 3 N–H and O–H groups in total. The minimum absolute atomic E-state index is 0.302. The van der Waals surface area contributed by atoms with Gasteiger partial charge < -0.3 is 15.1 Å². The molecule has 1 atom stereocenters. The van der Waals surface area contributed by atoms with Crippen molar-refractivity contribution in [1.82, 2.24) is 0 Å². The highest BCUT2D eigenvalue weighted by Crippen LogP contribution is 2.34. The third-order valence-corrected chi connectivity index (χ3v) is 6.06. The largest absolute Gasteiger partial charge is 0.446 e. The summed E-state index contributed by atoms with van der Waals surface area (Å²) in [5, 5.41) is 0.663. The van der Waals surface area contributed by atoms with Gasteiger partial charge in [-0.15, -0.1) is 0 Å². The van der Waals surface area contributed by atoms with E-state index < -0.39 is 16.2 Å². The smallest absolute Gasteiger partial charge is 0.229 e. The molecular formula is C25H21FN4O3S. The van der Waals surface area contributed by atoms with E-state index in [1.807, 2.05) is 41.3 Å². The van der Waals surface area contributed by atoms with Crippen LogP contribution in [0.2, 0.25) is 0 Å². The summed E-state index contributed by atoms with van der Waals surface area (Å²) in [6, 6.07) is 22.7. The van der Waals surface area contributed by atoms with Gasteiger partial charge >= 0.3 is 0 Å². The van der Waals surface area contributed by atoms with Gasteiger partial charge in [-0.05, 0) is 59.2 Å². The molecule has 5 rings (SSSR count). The lowest BCUT2D eigenvalue weighted by Gasteiger charge is -2.33. The molecule has 9 heteroatoms. The standard InChI is InChI=1S/C25H21FN4O3S/c1-34(31,32)29-20-7-3-5-18(15-20)24-28-25-22(12-13-33-25)23(27)30(24)21-10-8-16(9-11-21)17-4-2-6-19(26)14-17/h2-15,24,29H,27H2,1H3. The highest BCUT2D eigenvalue weighted by Gasteiger charge is 2.27. The van der Waals surface area contributed by atoms with Crippen molar-refractivity contribution in [2.24, 2.45) is 10.7 Å². The summed E-state index contributed by atoms with van der Waals surface area (Å²) in [5.41, 5.74) is 10.5. The first-order chi connectivity index (χ1) is 16.3. The van der Waals surface area contributed by atoms with Crippen LogP contribution in [0.5, 0.6) is 0 Å². The third kappa shape index (κ3) is 4.25. The van der Waals surface area contributed by atoms with Gasteiger partial charge in [0, 0.05) is 11.4 Å². The van der Waals surface area contributed by atoms with Crippen LogP contribution in [-0.2, 0) is 10.0 Å². The van der Waals surface area contributed by atoms with Crippen molar-refractivity contribution in [1.29, 1.82) is 0 Å². The maximum absolute atomic E-state index is 13.7. The van der Waals surface area contributed by atoms with Crippen molar-refractivity contribution < 1.29 is 17.2 Å². The van der Waals surface area contributed by atoms with Crippen LogP contribution in [0.4, 0.5) is 15.8 Å². The average molecular weight is 477 g/mol. The predicted molar refractivity (Wildman–Crippen MR) is 129 cm³/mol. The zero-order valence-corrected chi connectivity index (χ0v) is 19.0. The minimum atomic E-state index is -3.44. The number of sulfonamides is 1. The van der Waals surface area contributed by atoms with E-state index in [9.17, 15) is 12.8 Å². The number of nitrogens with zero attached hydrogens (tertiary/aromatic N) is 2. The first-order valence-electron chi connectivity index (χ1n) is 10.4. The van der Waals surface area contributed by atoms with E-state index in [4.69, 9.17) is 15.1 Å². The second-order valence-electron chi connectivity index (χ2n) is 7.95. The Hall–Kier alpha value is -4.11. The molecule has 0 bridgehead atoms. The lowest BCUT2D eigenvalue weighted by molar-refractivity contribution is 0.483. The maximum atomic E-state index is 13.7. The summed E-state index contributed by atoms with van der Waals surface area (Å²) in [7, 11) is -3.44. The zero-order chi connectivity index (χ0) is 23.9. The number of anilines is 2. The number of hydrogen-bond donors (Lipinski definition) is 2. The number of fused-ring (bicyclic) bond motifs is 1. The Balaban J connectivity index is 1.59.